The Kier molecular flexibility index (Phi) is 7.23. The quantitative estimate of drug-likeness (QED) is 0.532. The number of imide groups is 1. The van der Waals surface area contributed by atoms with E-state index in [2.05, 4.69) is 10.2 Å². The molecule has 0 unspecified atom stereocenters. The highest BCUT2D eigenvalue weighted by Crippen LogP contribution is 2.29. The Balaban J connectivity index is 2.22. The van der Waals surface area contributed by atoms with E-state index in [1.165, 1.54) is 0 Å². The second-order valence-electron chi connectivity index (χ2n) is 4.99. The Morgan fingerprint density at radius 2 is 2.12 bits per heavy atom. The summed E-state index contributed by atoms with van der Waals surface area (Å²) in [5, 5.41) is 11.5. The lowest BCUT2D eigenvalue weighted by Gasteiger charge is -2.10. The number of nitrogens with zero attached hydrogens (tertiary/aromatic N) is 3. The van der Waals surface area contributed by atoms with Gasteiger partial charge in [-0.2, -0.15) is 0 Å². The molecule has 8 nitrogen and oxygen atoms in total. The largest absolute Gasteiger partial charge is 0.385 e. The standard InChI is InChI=1S/C15H18ClN5O3S/c1-24-8-4-7-21-13(10-5-2-3-6-11(10)16)19-20-15(21)25-9-12(22)18-14(17)23/h2-3,5-6H,4,7-9H2,1H3,(H3,17,18,22,23). The summed E-state index contributed by atoms with van der Waals surface area (Å²) in [5.41, 5.74) is 5.68. The lowest BCUT2D eigenvalue weighted by atomic mass is 10.2. The first kappa shape index (κ1) is 19.2. The zero-order valence-electron chi connectivity index (χ0n) is 13.6. The van der Waals surface area contributed by atoms with Gasteiger partial charge in [0.2, 0.25) is 5.91 Å². The zero-order valence-corrected chi connectivity index (χ0v) is 15.1. The number of hydrogen-bond acceptors (Lipinski definition) is 6. The number of methoxy groups -OCH3 is 1. The summed E-state index contributed by atoms with van der Waals surface area (Å²) < 4.78 is 6.97. The van der Waals surface area contributed by atoms with E-state index in [9.17, 15) is 9.59 Å². The van der Waals surface area contributed by atoms with Crippen LogP contribution in [0, 0.1) is 0 Å². The predicted molar refractivity (Wildman–Crippen MR) is 95.4 cm³/mol. The number of urea groups is 1. The highest BCUT2D eigenvalue weighted by molar-refractivity contribution is 7.99. The summed E-state index contributed by atoms with van der Waals surface area (Å²) in [6, 6.07) is 6.44. The maximum Gasteiger partial charge on any atom is 0.318 e. The highest BCUT2D eigenvalue weighted by Gasteiger charge is 2.17. The van der Waals surface area contributed by atoms with Crippen molar-refractivity contribution in [3.8, 4) is 11.4 Å². The third-order valence-electron chi connectivity index (χ3n) is 3.16. The number of carbonyl (C=O) groups excluding carboxylic acids is 2. The molecule has 0 spiro atoms. The minimum absolute atomic E-state index is 0.00608. The molecule has 0 radical (unpaired) electrons. The van der Waals surface area contributed by atoms with Gasteiger partial charge in [-0.1, -0.05) is 35.5 Å². The second-order valence-corrected chi connectivity index (χ2v) is 6.33. The number of ether oxygens (including phenoxy) is 1. The van der Waals surface area contributed by atoms with E-state index in [0.29, 0.717) is 29.2 Å². The summed E-state index contributed by atoms with van der Waals surface area (Å²) in [6.45, 7) is 1.17. The maximum atomic E-state index is 11.6. The molecule has 2 aromatic rings. The number of hydrogen-bond donors (Lipinski definition) is 2. The molecular weight excluding hydrogens is 366 g/mol. The molecule has 25 heavy (non-hydrogen) atoms. The molecule has 134 valence electrons. The van der Waals surface area contributed by atoms with E-state index in [4.69, 9.17) is 22.1 Å². The van der Waals surface area contributed by atoms with Crippen molar-refractivity contribution in [2.45, 2.75) is 18.1 Å². The fraction of sp³-hybridized carbons (Fsp3) is 0.333. The molecule has 0 aliphatic rings. The van der Waals surface area contributed by atoms with Crippen molar-refractivity contribution in [1.29, 1.82) is 0 Å². The fourth-order valence-electron chi connectivity index (χ4n) is 2.11. The van der Waals surface area contributed by atoms with Crippen LogP contribution in [0.2, 0.25) is 5.02 Å². The van der Waals surface area contributed by atoms with Gasteiger partial charge >= 0.3 is 6.03 Å². The Morgan fingerprint density at radius 1 is 1.36 bits per heavy atom. The molecule has 1 heterocycles. The molecule has 0 saturated carbocycles. The van der Waals surface area contributed by atoms with Gasteiger partial charge in [-0.25, -0.2) is 4.79 Å². The monoisotopic (exact) mass is 383 g/mol. The van der Waals surface area contributed by atoms with Crippen LogP contribution in [-0.2, 0) is 16.1 Å². The number of benzene rings is 1. The van der Waals surface area contributed by atoms with Gasteiger partial charge < -0.3 is 15.0 Å². The number of thioether (sulfide) groups is 1. The number of nitrogens with one attached hydrogen (secondary N) is 1. The van der Waals surface area contributed by atoms with Gasteiger partial charge in [-0.3, -0.25) is 10.1 Å². The van der Waals surface area contributed by atoms with Gasteiger partial charge in [-0.05, 0) is 18.6 Å². The Labute approximate surface area is 154 Å². The van der Waals surface area contributed by atoms with Crippen molar-refractivity contribution >= 4 is 35.3 Å². The average Bonchev–Trinajstić information content (AvgIpc) is 2.96. The third-order valence-corrected chi connectivity index (χ3v) is 4.45. The van der Waals surface area contributed by atoms with Crippen LogP contribution in [0.4, 0.5) is 4.79 Å². The highest BCUT2D eigenvalue weighted by atomic mass is 35.5. The van der Waals surface area contributed by atoms with Crippen LogP contribution in [0.5, 0.6) is 0 Å². The average molecular weight is 384 g/mol. The lowest BCUT2D eigenvalue weighted by Crippen LogP contribution is -2.36. The Bertz CT molecular complexity index is 753. The van der Waals surface area contributed by atoms with E-state index in [-0.39, 0.29) is 5.75 Å². The number of primary amides is 1. The Morgan fingerprint density at radius 3 is 2.80 bits per heavy atom. The number of nitrogens with two attached hydrogens (primary N) is 1. The van der Waals surface area contributed by atoms with E-state index < -0.39 is 11.9 Å². The molecule has 0 fully saturated rings. The molecule has 2 rings (SSSR count). The first-order valence-corrected chi connectivity index (χ1v) is 8.78. The molecule has 3 N–H and O–H groups in total. The number of amides is 3. The summed E-state index contributed by atoms with van der Waals surface area (Å²) in [6.07, 6.45) is 0.743. The van der Waals surface area contributed by atoms with Gasteiger partial charge in [0.15, 0.2) is 11.0 Å². The normalized spacial score (nSPS) is 10.6. The molecule has 1 aromatic heterocycles. The third kappa shape index (κ3) is 5.45. The van der Waals surface area contributed by atoms with Gasteiger partial charge in [0.25, 0.3) is 0 Å². The topological polar surface area (TPSA) is 112 Å². The fourth-order valence-corrected chi connectivity index (χ4v) is 3.09. The summed E-state index contributed by atoms with van der Waals surface area (Å²) >= 11 is 7.42. The summed E-state index contributed by atoms with van der Waals surface area (Å²) in [4.78, 5) is 22.3. The minimum Gasteiger partial charge on any atom is -0.385 e. The Hall–Kier alpha value is -2.10. The van der Waals surface area contributed by atoms with Crippen molar-refractivity contribution in [2.75, 3.05) is 19.5 Å². The van der Waals surface area contributed by atoms with Gasteiger partial charge in [0.1, 0.15) is 0 Å². The molecule has 1 aromatic carbocycles. The second kappa shape index (κ2) is 9.40. The van der Waals surface area contributed by atoms with Crippen molar-refractivity contribution < 1.29 is 14.3 Å². The first-order valence-electron chi connectivity index (χ1n) is 7.42. The number of halogens is 1. The first-order chi connectivity index (χ1) is 12.0. The molecule has 0 bridgehead atoms. The molecule has 0 saturated heterocycles. The smallest absolute Gasteiger partial charge is 0.318 e. The maximum absolute atomic E-state index is 11.6. The summed E-state index contributed by atoms with van der Waals surface area (Å²) in [5.74, 6) is 0.108. The van der Waals surface area contributed by atoms with Crippen LogP contribution in [0.15, 0.2) is 29.4 Å². The van der Waals surface area contributed by atoms with Crippen LogP contribution in [0.25, 0.3) is 11.4 Å². The minimum atomic E-state index is -0.885. The van der Waals surface area contributed by atoms with Gasteiger partial charge in [0.05, 0.1) is 10.8 Å². The van der Waals surface area contributed by atoms with E-state index in [0.717, 1.165) is 23.7 Å². The van der Waals surface area contributed by atoms with Crippen molar-refractivity contribution in [1.82, 2.24) is 20.1 Å². The van der Waals surface area contributed by atoms with Crippen LogP contribution < -0.4 is 11.1 Å². The summed E-state index contributed by atoms with van der Waals surface area (Å²) in [7, 11) is 1.63. The molecule has 10 heteroatoms. The van der Waals surface area contributed by atoms with Gasteiger partial charge in [-0.15, -0.1) is 10.2 Å². The number of aromatic nitrogens is 3. The van der Waals surface area contributed by atoms with Crippen molar-refractivity contribution in [3.63, 3.8) is 0 Å². The van der Waals surface area contributed by atoms with E-state index in [1.807, 2.05) is 28.1 Å². The zero-order chi connectivity index (χ0) is 18.2. The van der Waals surface area contributed by atoms with Crippen molar-refractivity contribution in [2.24, 2.45) is 5.73 Å². The SMILES string of the molecule is COCCCn1c(SCC(=O)NC(N)=O)nnc1-c1ccccc1Cl. The van der Waals surface area contributed by atoms with Crippen LogP contribution in [0.3, 0.4) is 0 Å². The van der Waals surface area contributed by atoms with E-state index in [1.54, 1.807) is 13.2 Å². The molecule has 0 aliphatic heterocycles. The number of rotatable bonds is 8. The van der Waals surface area contributed by atoms with Crippen molar-refractivity contribution in [3.05, 3.63) is 29.3 Å². The molecule has 0 atom stereocenters. The molecular formula is C15H18ClN5O3S. The predicted octanol–water partition coefficient (Wildman–Crippen LogP) is 1.92. The van der Waals surface area contributed by atoms with E-state index >= 15 is 0 Å². The van der Waals surface area contributed by atoms with Gasteiger partial charge in [0, 0.05) is 25.8 Å². The number of carbonyl (C=O) groups is 2. The molecule has 3 amide bonds. The lowest BCUT2D eigenvalue weighted by molar-refractivity contribution is -0.117. The van der Waals surface area contributed by atoms with Crippen LogP contribution >= 0.6 is 23.4 Å². The van der Waals surface area contributed by atoms with Crippen LogP contribution in [0.1, 0.15) is 6.42 Å². The molecule has 0 aliphatic carbocycles. The van der Waals surface area contributed by atoms with Crippen LogP contribution in [-0.4, -0.2) is 46.2 Å².